The van der Waals surface area contributed by atoms with E-state index in [0.29, 0.717) is 5.69 Å². The van der Waals surface area contributed by atoms with Crippen LogP contribution in [0.1, 0.15) is 31.8 Å². The van der Waals surface area contributed by atoms with Crippen LogP contribution >= 0.6 is 0 Å². The highest BCUT2D eigenvalue weighted by Gasteiger charge is 2.35. The Morgan fingerprint density at radius 3 is 2.21 bits per heavy atom. The molecule has 0 aliphatic heterocycles. The number of carbonyl (C=O) groups excluding carboxylic acids is 2. The van der Waals surface area contributed by atoms with Gasteiger partial charge in [0.05, 0.1) is 10.5 Å². The molecule has 0 unspecified atom stereocenters. The van der Waals surface area contributed by atoms with Gasteiger partial charge in [0.2, 0.25) is 0 Å². The van der Waals surface area contributed by atoms with E-state index in [2.05, 4.69) is 5.32 Å². The maximum Gasteiger partial charge on any atom is 0.293 e. The average molecular weight is 376 g/mol. The third-order valence-electron chi connectivity index (χ3n) is 4.50. The van der Waals surface area contributed by atoms with Gasteiger partial charge in [0, 0.05) is 28.4 Å². The van der Waals surface area contributed by atoms with E-state index >= 15 is 0 Å². The van der Waals surface area contributed by atoms with Crippen molar-refractivity contribution < 1.29 is 24.7 Å². The summed E-state index contributed by atoms with van der Waals surface area (Å²) in [5.74, 6) is -2.58. The quantitative estimate of drug-likeness (QED) is 0.283. The molecule has 1 aliphatic carbocycles. The number of anilines is 2. The first-order chi connectivity index (χ1) is 13.4. The zero-order chi connectivity index (χ0) is 20.0. The Labute approximate surface area is 157 Å². The van der Waals surface area contributed by atoms with Crippen LogP contribution in [0.25, 0.3) is 0 Å². The first-order valence-corrected chi connectivity index (χ1v) is 8.17. The summed E-state index contributed by atoms with van der Waals surface area (Å²) in [6.07, 6.45) is 0. The van der Waals surface area contributed by atoms with Gasteiger partial charge in [-0.3, -0.25) is 19.7 Å². The van der Waals surface area contributed by atoms with E-state index in [1.807, 2.05) is 0 Å². The summed E-state index contributed by atoms with van der Waals surface area (Å²) < 4.78 is 0. The first-order valence-electron chi connectivity index (χ1n) is 8.17. The van der Waals surface area contributed by atoms with Gasteiger partial charge in [0.15, 0.2) is 23.1 Å². The smallest absolute Gasteiger partial charge is 0.293 e. The molecule has 0 saturated heterocycles. The minimum atomic E-state index is -0.705. The highest BCUT2D eigenvalue weighted by Crippen LogP contribution is 2.41. The van der Waals surface area contributed by atoms with Gasteiger partial charge < -0.3 is 15.5 Å². The second-order valence-electron chi connectivity index (χ2n) is 6.18. The molecular formula is C20H12N2O6. The van der Waals surface area contributed by atoms with Gasteiger partial charge in [-0.2, -0.15) is 0 Å². The van der Waals surface area contributed by atoms with Gasteiger partial charge >= 0.3 is 0 Å². The third kappa shape index (κ3) is 2.55. The molecule has 1 aliphatic rings. The Morgan fingerprint density at radius 1 is 0.857 bits per heavy atom. The zero-order valence-electron chi connectivity index (χ0n) is 14.2. The van der Waals surface area contributed by atoms with Gasteiger partial charge in [-0.15, -0.1) is 0 Å². The van der Waals surface area contributed by atoms with Crippen molar-refractivity contribution in [1.29, 1.82) is 0 Å². The van der Waals surface area contributed by atoms with Crippen LogP contribution in [0.2, 0.25) is 0 Å². The van der Waals surface area contributed by atoms with E-state index in [-0.39, 0.29) is 33.6 Å². The van der Waals surface area contributed by atoms with E-state index in [1.165, 1.54) is 12.1 Å². The Morgan fingerprint density at radius 2 is 1.54 bits per heavy atom. The predicted octanol–water partition coefficient (Wildman–Crippen LogP) is 3.53. The first kappa shape index (κ1) is 17.2. The molecule has 4 rings (SSSR count). The van der Waals surface area contributed by atoms with Gasteiger partial charge in [-0.05, 0) is 30.3 Å². The molecule has 0 spiro atoms. The monoisotopic (exact) mass is 376 g/mol. The number of hydrogen-bond acceptors (Lipinski definition) is 7. The molecule has 8 heteroatoms. The fourth-order valence-corrected chi connectivity index (χ4v) is 3.17. The van der Waals surface area contributed by atoms with Gasteiger partial charge in [0.25, 0.3) is 5.69 Å². The van der Waals surface area contributed by atoms with E-state index in [1.54, 1.807) is 30.3 Å². The van der Waals surface area contributed by atoms with Crippen molar-refractivity contribution in [2.45, 2.75) is 0 Å². The van der Waals surface area contributed by atoms with E-state index in [9.17, 15) is 29.9 Å². The van der Waals surface area contributed by atoms with Crippen molar-refractivity contribution in [3.63, 3.8) is 0 Å². The number of nitrogens with zero attached hydrogens (tertiary/aromatic N) is 1. The number of aromatic hydroxyl groups is 2. The van der Waals surface area contributed by atoms with Crippen molar-refractivity contribution in [2.24, 2.45) is 0 Å². The van der Waals surface area contributed by atoms with Crippen LogP contribution in [0.3, 0.4) is 0 Å². The number of benzene rings is 3. The molecule has 0 aromatic heterocycles. The lowest BCUT2D eigenvalue weighted by atomic mass is 9.83. The molecule has 0 heterocycles. The summed E-state index contributed by atoms with van der Waals surface area (Å²) in [6.45, 7) is 0. The summed E-state index contributed by atoms with van der Waals surface area (Å²) >= 11 is 0. The zero-order valence-corrected chi connectivity index (χ0v) is 14.2. The number of nitrogens with one attached hydrogen (secondary N) is 1. The number of phenols is 2. The number of hydrogen-bond donors (Lipinski definition) is 3. The third-order valence-corrected chi connectivity index (χ3v) is 4.50. The SMILES string of the molecule is O=C1c2cc([N+](=O)[O-])c(Nc3ccccc3)cc2C(=O)c2c1ccc(O)c2O. The molecule has 138 valence electrons. The largest absolute Gasteiger partial charge is 0.504 e. The highest BCUT2D eigenvalue weighted by molar-refractivity contribution is 6.30. The van der Waals surface area contributed by atoms with Crippen molar-refractivity contribution >= 4 is 28.6 Å². The lowest BCUT2D eigenvalue weighted by Gasteiger charge is -2.20. The lowest BCUT2D eigenvalue weighted by Crippen LogP contribution is -2.21. The summed E-state index contributed by atoms with van der Waals surface area (Å²) in [5, 5.41) is 34.1. The fraction of sp³-hybridized carbons (Fsp3) is 0. The molecule has 3 aromatic carbocycles. The summed E-state index contributed by atoms with van der Waals surface area (Å²) in [7, 11) is 0. The van der Waals surface area contributed by atoms with Gasteiger partial charge in [0.1, 0.15) is 5.69 Å². The average Bonchev–Trinajstić information content (AvgIpc) is 2.68. The van der Waals surface area contributed by atoms with E-state index in [4.69, 9.17) is 0 Å². The Kier molecular flexibility index (Phi) is 3.82. The molecule has 3 aromatic rings. The predicted molar refractivity (Wildman–Crippen MR) is 99.5 cm³/mol. The molecular weight excluding hydrogens is 364 g/mol. The van der Waals surface area contributed by atoms with E-state index in [0.717, 1.165) is 12.1 Å². The number of rotatable bonds is 3. The van der Waals surface area contributed by atoms with Crippen LogP contribution in [0.15, 0.2) is 54.6 Å². The van der Waals surface area contributed by atoms with Crippen LogP contribution < -0.4 is 5.32 Å². The second kappa shape index (κ2) is 6.20. The number of fused-ring (bicyclic) bond motifs is 2. The maximum absolute atomic E-state index is 12.9. The van der Waals surface area contributed by atoms with Crippen molar-refractivity contribution in [3.8, 4) is 11.5 Å². The van der Waals surface area contributed by atoms with Crippen LogP contribution in [0.4, 0.5) is 17.1 Å². The molecule has 28 heavy (non-hydrogen) atoms. The summed E-state index contributed by atoms with van der Waals surface area (Å²) in [4.78, 5) is 36.5. The number of para-hydroxylation sites is 1. The Balaban J connectivity index is 1.92. The van der Waals surface area contributed by atoms with Crippen molar-refractivity contribution in [1.82, 2.24) is 0 Å². The summed E-state index contributed by atoms with van der Waals surface area (Å²) in [6, 6.07) is 13.2. The van der Waals surface area contributed by atoms with Gasteiger partial charge in [-0.25, -0.2) is 0 Å². The number of phenolic OH excluding ortho intramolecular Hbond substituents is 2. The number of ketones is 2. The molecule has 0 amide bonds. The van der Waals surface area contributed by atoms with Crippen LogP contribution in [0, 0.1) is 10.1 Å². The minimum Gasteiger partial charge on any atom is -0.504 e. The Bertz CT molecular complexity index is 1170. The standard InChI is InChI=1S/C20H12N2O6/c23-16-7-6-11-17(20(16)26)19(25)12-8-14(21-10-4-2-1-3-5-10)15(22(27)28)9-13(12)18(11)24/h1-9,21,23,26H. The molecule has 8 nitrogen and oxygen atoms in total. The van der Waals surface area contributed by atoms with E-state index < -0.39 is 28.0 Å². The fourth-order valence-electron chi connectivity index (χ4n) is 3.17. The van der Waals surface area contributed by atoms with Crippen LogP contribution in [-0.4, -0.2) is 26.7 Å². The molecule has 0 radical (unpaired) electrons. The number of nitro groups is 1. The Hall–Kier alpha value is -4.20. The normalized spacial score (nSPS) is 12.3. The number of nitro benzene ring substituents is 1. The highest BCUT2D eigenvalue weighted by atomic mass is 16.6. The van der Waals surface area contributed by atoms with Crippen LogP contribution in [0.5, 0.6) is 11.5 Å². The molecule has 3 N–H and O–H groups in total. The molecule has 0 bridgehead atoms. The number of carbonyl (C=O) groups is 2. The maximum atomic E-state index is 12.9. The topological polar surface area (TPSA) is 130 Å². The van der Waals surface area contributed by atoms with Crippen molar-refractivity contribution in [2.75, 3.05) is 5.32 Å². The second-order valence-corrected chi connectivity index (χ2v) is 6.18. The summed E-state index contributed by atoms with van der Waals surface area (Å²) in [5.41, 5.74) is -0.450. The minimum absolute atomic E-state index is 0.0270. The van der Waals surface area contributed by atoms with Gasteiger partial charge in [-0.1, -0.05) is 18.2 Å². The molecule has 0 saturated carbocycles. The molecule has 0 fully saturated rings. The van der Waals surface area contributed by atoms with Crippen molar-refractivity contribution in [3.05, 3.63) is 87.0 Å². The van der Waals surface area contributed by atoms with Crippen LogP contribution in [-0.2, 0) is 0 Å². The lowest BCUT2D eigenvalue weighted by molar-refractivity contribution is -0.383. The molecule has 0 atom stereocenters.